The van der Waals surface area contributed by atoms with E-state index in [-0.39, 0.29) is 16.3 Å². The third kappa shape index (κ3) is 5.48. The van der Waals surface area contributed by atoms with Crippen molar-refractivity contribution in [3.05, 3.63) is 70.0 Å². The molecule has 2 heterocycles. The standard InChI is InChI=1S/C27H28FN3O5S/c1-4-6-7-14-36-20-13-10-18(15-21(20)35-5-2)23-22(24(32)17-8-11-19(28)12-9-17)25(33)26(34)31(23)27-30-29-16(3)37-27/h8-13,15,23,32H,4-7,14H2,1-3H3/b24-22+. The van der Waals surface area contributed by atoms with E-state index in [0.717, 1.165) is 30.6 Å². The molecule has 0 saturated carbocycles. The third-order valence-corrected chi connectivity index (χ3v) is 6.71. The second kappa shape index (κ2) is 11.5. The normalized spacial score (nSPS) is 16.9. The van der Waals surface area contributed by atoms with Crippen LogP contribution in [0.5, 0.6) is 11.5 Å². The molecule has 0 aliphatic carbocycles. The van der Waals surface area contributed by atoms with Gasteiger partial charge in [0.05, 0.1) is 24.8 Å². The van der Waals surface area contributed by atoms with Gasteiger partial charge in [0.15, 0.2) is 11.5 Å². The minimum Gasteiger partial charge on any atom is -0.507 e. The van der Waals surface area contributed by atoms with Crippen molar-refractivity contribution in [2.45, 2.75) is 46.1 Å². The van der Waals surface area contributed by atoms with Crippen LogP contribution in [0.15, 0.2) is 48.0 Å². The number of unbranched alkanes of at least 4 members (excludes halogenated alkanes) is 2. The number of halogens is 1. The van der Waals surface area contributed by atoms with Gasteiger partial charge in [-0.15, -0.1) is 10.2 Å². The highest BCUT2D eigenvalue weighted by Crippen LogP contribution is 2.44. The van der Waals surface area contributed by atoms with Crippen LogP contribution in [0.2, 0.25) is 0 Å². The maximum Gasteiger partial charge on any atom is 0.301 e. The molecule has 10 heteroatoms. The number of carbonyl (C=O) groups excluding carboxylic acids is 2. The van der Waals surface area contributed by atoms with Gasteiger partial charge >= 0.3 is 5.91 Å². The van der Waals surface area contributed by atoms with Crippen LogP contribution in [0.4, 0.5) is 9.52 Å². The van der Waals surface area contributed by atoms with Gasteiger partial charge < -0.3 is 14.6 Å². The van der Waals surface area contributed by atoms with Crippen LogP contribution in [0, 0.1) is 12.7 Å². The lowest BCUT2D eigenvalue weighted by Gasteiger charge is -2.23. The van der Waals surface area contributed by atoms with Crippen molar-refractivity contribution in [1.82, 2.24) is 10.2 Å². The predicted octanol–water partition coefficient (Wildman–Crippen LogP) is 5.58. The number of carbonyl (C=O) groups is 2. The van der Waals surface area contributed by atoms with Gasteiger partial charge in [0, 0.05) is 5.56 Å². The van der Waals surface area contributed by atoms with Crippen LogP contribution < -0.4 is 14.4 Å². The Morgan fingerprint density at radius 3 is 2.46 bits per heavy atom. The number of ether oxygens (including phenoxy) is 2. The summed E-state index contributed by atoms with van der Waals surface area (Å²) >= 11 is 1.15. The number of rotatable bonds is 10. The summed E-state index contributed by atoms with van der Waals surface area (Å²) in [5.74, 6) is -1.62. The number of hydrogen-bond acceptors (Lipinski definition) is 8. The minimum atomic E-state index is -1.01. The van der Waals surface area contributed by atoms with E-state index in [1.54, 1.807) is 25.1 Å². The van der Waals surface area contributed by atoms with Gasteiger partial charge in [0.2, 0.25) is 5.13 Å². The van der Waals surface area contributed by atoms with E-state index in [1.165, 1.54) is 29.2 Å². The Labute approximate surface area is 218 Å². The molecular weight excluding hydrogens is 497 g/mol. The number of aliphatic hydroxyl groups is 1. The number of aliphatic hydroxyl groups excluding tert-OH is 1. The molecule has 1 N–H and O–H groups in total. The number of nitrogens with zero attached hydrogens (tertiary/aromatic N) is 3. The smallest absolute Gasteiger partial charge is 0.301 e. The Morgan fingerprint density at radius 1 is 1.05 bits per heavy atom. The van der Waals surface area contributed by atoms with Crippen molar-refractivity contribution in [2.75, 3.05) is 18.1 Å². The molecule has 4 rings (SSSR count). The summed E-state index contributed by atoms with van der Waals surface area (Å²) in [5.41, 5.74) is 0.586. The molecule has 0 spiro atoms. The molecule has 0 bridgehead atoms. The molecule has 1 amide bonds. The summed E-state index contributed by atoms with van der Waals surface area (Å²) in [7, 11) is 0. The van der Waals surface area contributed by atoms with Gasteiger partial charge in [-0.25, -0.2) is 4.39 Å². The fourth-order valence-electron chi connectivity index (χ4n) is 4.11. The number of hydrogen-bond donors (Lipinski definition) is 1. The topological polar surface area (TPSA) is 102 Å². The van der Waals surface area contributed by atoms with E-state index in [1.807, 2.05) is 6.92 Å². The molecule has 1 saturated heterocycles. The van der Waals surface area contributed by atoms with Gasteiger partial charge in [0.25, 0.3) is 5.78 Å². The average molecular weight is 526 g/mol. The molecule has 3 aromatic rings. The highest BCUT2D eigenvalue weighted by atomic mass is 32.1. The highest BCUT2D eigenvalue weighted by molar-refractivity contribution is 7.15. The third-order valence-electron chi connectivity index (χ3n) is 5.87. The van der Waals surface area contributed by atoms with E-state index < -0.39 is 29.3 Å². The number of amides is 1. The summed E-state index contributed by atoms with van der Waals surface area (Å²) in [6.45, 7) is 6.60. The van der Waals surface area contributed by atoms with E-state index in [0.29, 0.717) is 35.3 Å². The largest absolute Gasteiger partial charge is 0.507 e. The van der Waals surface area contributed by atoms with Crippen molar-refractivity contribution in [3.63, 3.8) is 0 Å². The number of aryl methyl sites for hydroxylation is 1. The summed E-state index contributed by atoms with van der Waals surface area (Å²) < 4.78 is 25.3. The first-order valence-electron chi connectivity index (χ1n) is 12.1. The zero-order valence-corrected chi connectivity index (χ0v) is 21.7. The van der Waals surface area contributed by atoms with E-state index in [2.05, 4.69) is 17.1 Å². The molecule has 8 nitrogen and oxygen atoms in total. The van der Waals surface area contributed by atoms with Gasteiger partial charge in [-0.2, -0.15) is 0 Å². The van der Waals surface area contributed by atoms with E-state index >= 15 is 0 Å². The first-order valence-corrected chi connectivity index (χ1v) is 12.9. The molecule has 1 aromatic heterocycles. The molecule has 1 fully saturated rings. The predicted molar refractivity (Wildman–Crippen MR) is 138 cm³/mol. The summed E-state index contributed by atoms with van der Waals surface area (Å²) in [4.78, 5) is 27.7. The quantitative estimate of drug-likeness (QED) is 0.160. The van der Waals surface area contributed by atoms with Gasteiger partial charge in [-0.1, -0.05) is 37.2 Å². The average Bonchev–Trinajstić information content (AvgIpc) is 3.43. The lowest BCUT2D eigenvalue weighted by molar-refractivity contribution is -0.132. The Morgan fingerprint density at radius 2 is 1.81 bits per heavy atom. The SMILES string of the molecule is CCCCCOc1ccc(C2/C(=C(\O)c3ccc(F)cc3)C(=O)C(=O)N2c2nnc(C)s2)cc1OCC. The fourth-order valence-corrected chi connectivity index (χ4v) is 4.82. The van der Waals surface area contributed by atoms with Gasteiger partial charge in [-0.3, -0.25) is 14.5 Å². The number of benzene rings is 2. The second-order valence-electron chi connectivity index (χ2n) is 8.47. The Hall–Kier alpha value is -3.79. The maximum absolute atomic E-state index is 13.5. The number of anilines is 1. The van der Waals surface area contributed by atoms with Crippen molar-refractivity contribution in [1.29, 1.82) is 0 Å². The van der Waals surface area contributed by atoms with Crippen LogP contribution in [0.1, 0.15) is 55.3 Å². The van der Waals surface area contributed by atoms with Crippen LogP contribution in [0.3, 0.4) is 0 Å². The first-order chi connectivity index (χ1) is 17.8. The highest BCUT2D eigenvalue weighted by Gasteiger charge is 2.48. The van der Waals surface area contributed by atoms with Gasteiger partial charge in [-0.05, 0) is 62.2 Å². The van der Waals surface area contributed by atoms with Crippen molar-refractivity contribution >= 4 is 33.9 Å². The monoisotopic (exact) mass is 525 g/mol. The Balaban J connectivity index is 1.84. The van der Waals surface area contributed by atoms with E-state index in [4.69, 9.17) is 9.47 Å². The molecule has 194 valence electrons. The summed E-state index contributed by atoms with van der Waals surface area (Å²) in [6.07, 6.45) is 3.01. The molecular formula is C27H28FN3O5S. The fraction of sp³-hybridized carbons (Fsp3) is 0.333. The lowest BCUT2D eigenvalue weighted by atomic mass is 9.95. The second-order valence-corrected chi connectivity index (χ2v) is 9.63. The molecule has 37 heavy (non-hydrogen) atoms. The van der Waals surface area contributed by atoms with Crippen LogP contribution in [-0.2, 0) is 9.59 Å². The summed E-state index contributed by atoms with van der Waals surface area (Å²) in [6, 6.07) is 9.20. The number of ketones is 1. The van der Waals surface area contributed by atoms with Crippen LogP contribution in [0.25, 0.3) is 5.76 Å². The Kier molecular flexibility index (Phi) is 8.17. The summed E-state index contributed by atoms with van der Waals surface area (Å²) in [5, 5.41) is 20.1. The lowest BCUT2D eigenvalue weighted by Crippen LogP contribution is -2.29. The molecule has 0 radical (unpaired) electrons. The zero-order chi connectivity index (χ0) is 26.5. The molecule has 1 aliphatic heterocycles. The molecule has 2 aromatic carbocycles. The number of Topliss-reactive ketones (excluding diaryl/α,β-unsaturated/α-hetero) is 1. The van der Waals surface area contributed by atoms with Crippen LogP contribution in [-0.4, -0.2) is 40.2 Å². The van der Waals surface area contributed by atoms with E-state index in [9.17, 15) is 19.1 Å². The van der Waals surface area contributed by atoms with Crippen molar-refractivity contribution in [3.8, 4) is 11.5 Å². The molecule has 1 aliphatic rings. The molecule has 1 atom stereocenters. The van der Waals surface area contributed by atoms with Crippen molar-refractivity contribution in [2.24, 2.45) is 0 Å². The molecule has 1 unspecified atom stereocenters. The maximum atomic E-state index is 13.5. The van der Waals surface area contributed by atoms with Crippen LogP contribution >= 0.6 is 11.3 Å². The zero-order valence-electron chi connectivity index (χ0n) is 20.9. The first kappa shape index (κ1) is 26.3. The van der Waals surface area contributed by atoms with Crippen molar-refractivity contribution < 1.29 is 28.6 Å². The Bertz CT molecular complexity index is 1320. The van der Waals surface area contributed by atoms with Gasteiger partial charge in [0.1, 0.15) is 16.6 Å². The number of aromatic nitrogens is 2. The minimum absolute atomic E-state index is 0.136.